The third-order valence-electron chi connectivity index (χ3n) is 3.61. The van der Waals surface area contributed by atoms with Gasteiger partial charge in [-0.2, -0.15) is 10.2 Å². The summed E-state index contributed by atoms with van der Waals surface area (Å²) in [6.45, 7) is 4.81. The lowest BCUT2D eigenvalue weighted by molar-refractivity contribution is 0.879. The highest BCUT2D eigenvalue weighted by atomic mass is 15.3. The van der Waals surface area contributed by atoms with E-state index in [-0.39, 0.29) is 0 Å². The second-order valence-corrected chi connectivity index (χ2v) is 5.30. The maximum atomic E-state index is 4.40. The Morgan fingerprint density at radius 1 is 1.09 bits per heavy atom. The number of rotatable bonds is 5. The van der Waals surface area contributed by atoms with Crippen LogP contribution in [0.3, 0.4) is 0 Å². The Balaban J connectivity index is 1.58. The molecular weight excluding hydrogens is 274 g/mol. The molecule has 0 fully saturated rings. The molecule has 2 heterocycles. The lowest BCUT2D eigenvalue weighted by Gasteiger charge is -2.05. The monoisotopic (exact) mass is 293 g/mol. The van der Waals surface area contributed by atoms with Gasteiger partial charge in [0.1, 0.15) is 5.82 Å². The van der Waals surface area contributed by atoms with Crippen LogP contribution in [0.15, 0.2) is 48.8 Å². The summed E-state index contributed by atoms with van der Waals surface area (Å²) in [4.78, 5) is 0. The number of aryl methyl sites for hydroxylation is 2. The molecule has 0 atom stereocenters. The van der Waals surface area contributed by atoms with Crippen molar-refractivity contribution >= 4 is 5.82 Å². The summed E-state index contributed by atoms with van der Waals surface area (Å²) in [7, 11) is 0. The van der Waals surface area contributed by atoms with Crippen LogP contribution in [0.25, 0.3) is 5.69 Å². The Bertz CT molecular complexity index is 749. The van der Waals surface area contributed by atoms with Crippen molar-refractivity contribution in [3.05, 3.63) is 65.6 Å². The van der Waals surface area contributed by atoms with Crippen molar-refractivity contribution < 1.29 is 0 Å². The van der Waals surface area contributed by atoms with Crippen LogP contribution in [-0.2, 0) is 6.42 Å². The summed E-state index contributed by atoms with van der Waals surface area (Å²) >= 11 is 0. The lowest BCUT2D eigenvalue weighted by atomic mass is 10.2. The third kappa shape index (κ3) is 3.31. The average molecular weight is 293 g/mol. The van der Waals surface area contributed by atoms with E-state index < -0.39 is 0 Å². The summed E-state index contributed by atoms with van der Waals surface area (Å²) < 4.78 is 1.89. The largest absolute Gasteiger partial charge is 0.368 e. The van der Waals surface area contributed by atoms with Crippen LogP contribution in [0, 0.1) is 13.8 Å². The average Bonchev–Trinajstić information content (AvgIpc) is 3.01. The number of nitrogens with one attached hydrogen (secondary N) is 1. The van der Waals surface area contributed by atoms with Crippen molar-refractivity contribution in [1.82, 2.24) is 20.0 Å². The van der Waals surface area contributed by atoms with Gasteiger partial charge < -0.3 is 5.32 Å². The topological polar surface area (TPSA) is 55.6 Å². The number of nitrogens with zero attached hydrogens (tertiary/aromatic N) is 4. The van der Waals surface area contributed by atoms with Gasteiger partial charge in [-0.1, -0.05) is 18.2 Å². The molecule has 0 spiro atoms. The van der Waals surface area contributed by atoms with E-state index in [0.717, 1.165) is 35.7 Å². The van der Waals surface area contributed by atoms with Crippen LogP contribution in [-0.4, -0.2) is 26.5 Å². The van der Waals surface area contributed by atoms with E-state index >= 15 is 0 Å². The first kappa shape index (κ1) is 14.3. The van der Waals surface area contributed by atoms with Gasteiger partial charge in [0.2, 0.25) is 0 Å². The zero-order valence-corrected chi connectivity index (χ0v) is 12.8. The van der Waals surface area contributed by atoms with E-state index in [2.05, 4.69) is 26.8 Å². The molecule has 0 saturated heterocycles. The van der Waals surface area contributed by atoms with Crippen molar-refractivity contribution in [3.63, 3.8) is 0 Å². The summed E-state index contributed by atoms with van der Waals surface area (Å²) in [5.74, 6) is 0.818. The molecule has 0 unspecified atom stereocenters. The molecule has 3 rings (SSSR count). The maximum Gasteiger partial charge on any atom is 0.148 e. The van der Waals surface area contributed by atoms with E-state index in [1.54, 1.807) is 0 Å². The predicted octanol–water partition coefficient (Wildman–Crippen LogP) is 2.93. The smallest absolute Gasteiger partial charge is 0.148 e. The molecule has 1 aromatic carbocycles. The second kappa shape index (κ2) is 6.39. The normalized spacial score (nSPS) is 10.6. The second-order valence-electron chi connectivity index (χ2n) is 5.30. The zero-order valence-electron chi connectivity index (χ0n) is 12.8. The minimum absolute atomic E-state index is 0.803. The molecule has 2 aromatic heterocycles. The van der Waals surface area contributed by atoms with Crippen LogP contribution in [0.5, 0.6) is 0 Å². The Labute approximate surface area is 130 Å². The summed E-state index contributed by atoms with van der Waals surface area (Å²) in [6, 6.07) is 12.1. The van der Waals surface area contributed by atoms with E-state index in [9.17, 15) is 0 Å². The molecule has 3 aromatic rings. The zero-order chi connectivity index (χ0) is 15.4. The number of benzene rings is 1. The van der Waals surface area contributed by atoms with Gasteiger partial charge in [0.15, 0.2) is 0 Å². The van der Waals surface area contributed by atoms with Crippen LogP contribution in [0.1, 0.15) is 16.8 Å². The van der Waals surface area contributed by atoms with E-state index in [1.807, 2.05) is 61.1 Å². The van der Waals surface area contributed by atoms with Gasteiger partial charge in [-0.3, -0.25) is 0 Å². The number of hydrogen-bond donors (Lipinski definition) is 1. The van der Waals surface area contributed by atoms with Crippen molar-refractivity contribution in [2.24, 2.45) is 0 Å². The number of aromatic nitrogens is 4. The van der Waals surface area contributed by atoms with E-state index in [1.165, 1.54) is 5.56 Å². The highest BCUT2D eigenvalue weighted by Gasteiger charge is 2.02. The van der Waals surface area contributed by atoms with Crippen LogP contribution >= 0.6 is 0 Å². The first-order valence-corrected chi connectivity index (χ1v) is 7.36. The number of para-hydroxylation sites is 1. The fourth-order valence-corrected chi connectivity index (χ4v) is 2.18. The Kier molecular flexibility index (Phi) is 4.14. The summed E-state index contributed by atoms with van der Waals surface area (Å²) in [5, 5.41) is 16.0. The van der Waals surface area contributed by atoms with Crippen molar-refractivity contribution in [1.29, 1.82) is 0 Å². The summed E-state index contributed by atoms with van der Waals surface area (Å²) in [6.07, 6.45) is 4.85. The summed E-state index contributed by atoms with van der Waals surface area (Å²) in [5.41, 5.74) is 4.37. The van der Waals surface area contributed by atoms with Crippen molar-refractivity contribution in [2.45, 2.75) is 20.3 Å². The molecule has 0 saturated carbocycles. The van der Waals surface area contributed by atoms with Crippen LogP contribution < -0.4 is 5.32 Å². The number of anilines is 1. The number of hydrogen-bond acceptors (Lipinski definition) is 4. The quantitative estimate of drug-likeness (QED) is 0.786. The van der Waals surface area contributed by atoms with Crippen molar-refractivity contribution in [2.75, 3.05) is 11.9 Å². The molecule has 112 valence electrons. The standard InChI is InChI=1S/C17H19N5/c1-13-10-17(21-20-14(13)2)18-9-8-15-11-19-22(12-15)16-6-4-3-5-7-16/h3-7,10-12H,8-9H2,1-2H3,(H,18,21). The Morgan fingerprint density at radius 2 is 1.91 bits per heavy atom. The van der Waals surface area contributed by atoms with Gasteiger partial charge in [-0.05, 0) is 49.6 Å². The SMILES string of the molecule is Cc1cc(NCCc2cnn(-c3ccccc3)c2)nnc1C. The van der Waals surface area contributed by atoms with E-state index in [0.29, 0.717) is 0 Å². The molecule has 0 radical (unpaired) electrons. The first-order chi connectivity index (χ1) is 10.7. The first-order valence-electron chi connectivity index (χ1n) is 7.36. The van der Waals surface area contributed by atoms with Crippen LogP contribution in [0.4, 0.5) is 5.82 Å². The maximum absolute atomic E-state index is 4.40. The fourth-order valence-electron chi connectivity index (χ4n) is 2.18. The molecular formula is C17H19N5. The molecule has 0 bridgehead atoms. The lowest BCUT2D eigenvalue weighted by Crippen LogP contribution is -2.07. The fraction of sp³-hybridized carbons (Fsp3) is 0.235. The van der Waals surface area contributed by atoms with Gasteiger partial charge in [0.25, 0.3) is 0 Å². The molecule has 0 aliphatic carbocycles. The Morgan fingerprint density at radius 3 is 2.68 bits per heavy atom. The highest BCUT2D eigenvalue weighted by molar-refractivity contribution is 5.37. The van der Waals surface area contributed by atoms with Gasteiger partial charge >= 0.3 is 0 Å². The predicted molar refractivity (Wildman–Crippen MR) is 87.3 cm³/mol. The minimum atomic E-state index is 0.803. The molecule has 1 N–H and O–H groups in total. The third-order valence-corrected chi connectivity index (χ3v) is 3.61. The molecule has 0 amide bonds. The minimum Gasteiger partial charge on any atom is -0.368 e. The highest BCUT2D eigenvalue weighted by Crippen LogP contribution is 2.10. The molecule has 0 aliphatic heterocycles. The van der Waals surface area contributed by atoms with Crippen LogP contribution in [0.2, 0.25) is 0 Å². The van der Waals surface area contributed by atoms with Gasteiger partial charge in [0.05, 0.1) is 17.6 Å². The van der Waals surface area contributed by atoms with Gasteiger partial charge in [-0.15, -0.1) is 5.10 Å². The molecule has 5 heteroatoms. The van der Waals surface area contributed by atoms with Gasteiger partial charge in [0, 0.05) is 12.7 Å². The molecule has 5 nitrogen and oxygen atoms in total. The molecule has 22 heavy (non-hydrogen) atoms. The van der Waals surface area contributed by atoms with Crippen molar-refractivity contribution in [3.8, 4) is 5.69 Å². The van der Waals surface area contributed by atoms with Gasteiger partial charge in [-0.25, -0.2) is 4.68 Å². The van der Waals surface area contributed by atoms with E-state index in [4.69, 9.17) is 0 Å². The molecule has 0 aliphatic rings. The Hall–Kier alpha value is -2.69.